The molecule has 0 aromatic heterocycles. The molecule has 19 heavy (non-hydrogen) atoms. The summed E-state index contributed by atoms with van der Waals surface area (Å²) >= 11 is 0. The first-order valence-electron chi connectivity index (χ1n) is 9.13. The Morgan fingerprint density at radius 3 is 1.21 bits per heavy atom. The molecule has 0 aromatic carbocycles. The summed E-state index contributed by atoms with van der Waals surface area (Å²) in [6.07, 6.45) is 15.8. The van der Waals surface area contributed by atoms with Gasteiger partial charge in [-0.1, -0.05) is 105 Å². The third kappa shape index (κ3) is 11.5. The molecule has 0 heteroatoms. The van der Waals surface area contributed by atoms with Gasteiger partial charge in [0.15, 0.2) is 0 Å². The molecule has 0 N–H and O–H groups in total. The van der Waals surface area contributed by atoms with Gasteiger partial charge in [0.05, 0.1) is 0 Å². The van der Waals surface area contributed by atoms with Crippen LogP contribution in [0, 0.1) is 17.8 Å². The van der Waals surface area contributed by atoms with Crippen LogP contribution in [-0.4, -0.2) is 0 Å². The standard InChI is InChI=1S/C19H40/c1-6-17(4)13-9-11-15-19(8-3)16-12-10-14-18(5)7-2/h17-19H,6-16H2,1-5H3. The molecule has 116 valence electrons. The van der Waals surface area contributed by atoms with Crippen LogP contribution in [0.2, 0.25) is 0 Å². The molecule has 0 nitrogen and oxygen atoms in total. The van der Waals surface area contributed by atoms with Crippen molar-refractivity contribution < 1.29 is 0 Å². The van der Waals surface area contributed by atoms with Crippen molar-refractivity contribution in [2.75, 3.05) is 0 Å². The van der Waals surface area contributed by atoms with Crippen LogP contribution in [0.3, 0.4) is 0 Å². The summed E-state index contributed by atoms with van der Waals surface area (Å²) in [7, 11) is 0. The van der Waals surface area contributed by atoms with E-state index in [1.165, 1.54) is 70.6 Å². The van der Waals surface area contributed by atoms with Gasteiger partial charge in [-0.25, -0.2) is 0 Å². The molecule has 0 radical (unpaired) electrons. The van der Waals surface area contributed by atoms with Gasteiger partial charge in [-0.2, -0.15) is 0 Å². The lowest BCUT2D eigenvalue weighted by Gasteiger charge is -2.16. The van der Waals surface area contributed by atoms with E-state index in [1.54, 1.807) is 0 Å². The lowest BCUT2D eigenvalue weighted by atomic mass is 9.90. The predicted octanol–water partition coefficient (Wildman–Crippen LogP) is 7.23. The van der Waals surface area contributed by atoms with Crippen LogP contribution in [0.5, 0.6) is 0 Å². The highest BCUT2D eigenvalue weighted by atomic mass is 14.1. The average molecular weight is 269 g/mol. The maximum absolute atomic E-state index is 2.40. The molecule has 0 aromatic rings. The summed E-state index contributed by atoms with van der Waals surface area (Å²) in [5, 5.41) is 0. The summed E-state index contributed by atoms with van der Waals surface area (Å²) in [6.45, 7) is 11.8. The molecule has 2 atom stereocenters. The molecule has 0 amide bonds. The van der Waals surface area contributed by atoms with E-state index in [-0.39, 0.29) is 0 Å². The third-order valence-electron chi connectivity index (χ3n) is 5.09. The van der Waals surface area contributed by atoms with Crippen molar-refractivity contribution in [2.45, 2.75) is 105 Å². The van der Waals surface area contributed by atoms with Gasteiger partial charge < -0.3 is 0 Å². The van der Waals surface area contributed by atoms with Gasteiger partial charge in [-0.15, -0.1) is 0 Å². The molecule has 0 aliphatic heterocycles. The van der Waals surface area contributed by atoms with Crippen LogP contribution in [0.4, 0.5) is 0 Å². The lowest BCUT2D eigenvalue weighted by molar-refractivity contribution is 0.374. The Morgan fingerprint density at radius 1 is 0.526 bits per heavy atom. The number of unbranched alkanes of at least 4 members (excludes halogenated alkanes) is 2. The second-order valence-corrected chi connectivity index (χ2v) is 6.87. The van der Waals surface area contributed by atoms with E-state index in [1.807, 2.05) is 0 Å². The maximum Gasteiger partial charge on any atom is -0.0417 e. The van der Waals surface area contributed by atoms with E-state index >= 15 is 0 Å². The fraction of sp³-hybridized carbons (Fsp3) is 1.00. The van der Waals surface area contributed by atoms with E-state index in [2.05, 4.69) is 34.6 Å². The van der Waals surface area contributed by atoms with Crippen molar-refractivity contribution in [1.82, 2.24) is 0 Å². The molecule has 0 bridgehead atoms. The molecule has 0 spiro atoms. The smallest absolute Gasteiger partial charge is 0.0417 e. The van der Waals surface area contributed by atoms with Crippen LogP contribution in [-0.2, 0) is 0 Å². The normalized spacial score (nSPS) is 16.3. The maximum atomic E-state index is 2.40. The summed E-state index contributed by atoms with van der Waals surface area (Å²) in [5.74, 6) is 2.89. The highest BCUT2D eigenvalue weighted by molar-refractivity contribution is 4.60. The van der Waals surface area contributed by atoms with Gasteiger partial charge in [0.1, 0.15) is 0 Å². The van der Waals surface area contributed by atoms with Crippen molar-refractivity contribution in [3.05, 3.63) is 0 Å². The van der Waals surface area contributed by atoms with Crippen molar-refractivity contribution in [3.8, 4) is 0 Å². The van der Waals surface area contributed by atoms with Crippen molar-refractivity contribution >= 4 is 0 Å². The number of hydrogen-bond donors (Lipinski definition) is 0. The molecule has 0 saturated heterocycles. The summed E-state index contributed by atoms with van der Waals surface area (Å²) < 4.78 is 0. The Morgan fingerprint density at radius 2 is 0.895 bits per heavy atom. The highest BCUT2D eigenvalue weighted by Crippen LogP contribution is 2.23. The Bertz CT molecular complexity index is 155. The first kappa shape index (κ1) is 19.0. The van der Waals surface area contributed by atoms with E-state index in [0.29, 0.717) is 0 Å². The third-order valence-corrected chi connectivity index (χ3v) is 5.09. The first-order valence-corrected chi connectivity index (χ1v) is 9.13. The zero-order chi connectivity index (χ0) is 14.5. The van der Waals surface area contributed by atoms with Gasteiger partial charge >= 0.3 is 0 Å². The van der Waals surface area contributed by atoms with Crippen LogP contribution in [0.25, 0.3) is 0 Å². The van der Waals surface area contributed by atoms with E-state index < -0.39 is 0 Å². The van der Waals surface area contributed by atoms with Gasteiger partial charge in [0.25, 0.3) is 0 Å². The molecular weight excluding hydrogens is 228 g/mol. The molecule has 0 aliphatic carbocycles. The quantitative estimate of drug-likeness (QED) is 0.309. The average Bonchev–Trinajstić information content (AvgIpc) is 2.44. The molecular formula is C19H40. The van der Waals surface area contributed by atoms with Gasteiger partial charge in [-0.05, 0) is 17.8 Å². The van der Waals surface area contributed by atoms with Gasteiger partial charge in [-0.3, -0.25) is 0 Å². The second-order valence-electron chi connectivity index (χ2n) is 6.87. The fourth-order valence-electron chi connectivity index (χ4n) is 2.81. The Labute approximate surface area is 123 Å². The fourth-order valence-corrected chi connectivity index (χ4v) is 2.81. The van der Waals surface area contributed by atoms with Crippen molar-refractivity contribution in [2.24, 2.45) is 17.8 Å². The molecule has 2 unspecified atom stereocenters. The van der Waals surface area contributed by atoms with E-state index in [0.717, 1.165) is 17.8 Å². The lowest BCUT2D eigenvalue weighted by Crippen LogP contribution is -2.01. The van der Waals surface area contributed by atoms with Crippen LogP contribution < -0.4 is 0 Å². The molecule has 0 heterocycles. The minimum atomic E-state index is 0.940. The van der Waals surface area contributed by atoms with Gasteiger partial charge in [0.2, 0.25) is 0 Å². The predicted molar refractivity (Wildman–Crippen MR) is 89.6 cm³/mol. The number of rotatable bonds is 13. The second kappa shape index (κ2) is 13.0. The molecule has 0 aliphatic rings. The minimum Gasteiger partial charge on any atom is -0.0651 e. The zero-order valence-electron chi connectivity index (χ0n) is 14.5. The minimum absolute atomic E-state index is 0.940. The largest absolute Gasteiger partial charge is 0.0651 e. The Kier molecular flexibility index (Phi) is 13.0. The topological polar surface area (TPSA) is 0 Å². The monoisotopic (exact) mass is 268 g/mol. The Balaban J connectivity index is 3.49. The number of hydrogen-bond acceptors (Lipinski definition) is 0. The Hall–Kier alpha value is 0. The molecule has 0 saturated carbocycles. The zero-order valence-corrected chi connectivity index (χ0v) is 14.5. The van der Waals surface area contributed by atoms with Crippen LogP contribution in [0.15, 0.2) is 0 Å². The van der Waals surface area contributed by atoms with Crippen molar-refractivity contribution in [3.63, 3.8) is 0 Å². The SMILES string of the molecule is CCC(C)CCCCC(CC)CCCCC(C)CC. The van der Waals surface area contributed by atoms with E-state index in [4.69, 9.17) is 0 Å². The molecule has 0 fully saturated rings. The van der Waals surface area contributed by atoms with Crippen LogP contribution in [0.1, 0.15) is 105 Å². The summed E-state index contributed by atoms with van der Waals surface area (Å²) in [6, 6.07) is 0. The van der Waals surface area contributed by atoms with Crippen LogP contribution >= 0.6 is 0 Å². The summed E-state index contributed by atoms with van der Waals surface area (Å²) in [4.78, 5) is 0. The van der Waals surface area contributed by atoms with E-state index in [9.17, 15) is 0 Å². The highest BCUT2D eigenvalue weighted by Gasteiger charge is 2.07. The van der Waals surface area contributed by atoms with Gasteiger partial charge in [0, 0.05) is 0 Å². The van der Waals surface area contributed by atoms with Crippen molar-refractivity contribution in [1.29, 1.82) is 0 Å². The molecule has 0 rings (SSSR count). The summed E-state index contributed by atoms with van der Waals surface area (Å²) in [5.41, 5.74) is 0. The first-order chi connectivity index (χ1) is 9.13.